The van der Waals surface area contributed by atoms with Crippen LogP contribution in [0.25, 0.3) is 0 Å². The van der Waals surface area contributed by atoms with Crippen LogP contribution in [0.3, 0.4) is 0 Å². The molecule has 0 saturated carbocycles. The molecule has 0 radical (unpaired) electrons. The zero-order valence-corrected chi connectivity index (χ0v) is 13.8. The fraction of sp³-hybridized carbons (Fsp3) is 0.533. The van der Waals surface area contributed by atoms with Crippen molar-refractivity contribution < 1.29 is 4.79 Å². The van der Waals surface area contributed by atoms with Crippen LogP contribution >= 0.6 is 11.8 Å². The fourth-order valence-corrected chi connectivity index (χ4v) is 2.98. The first kappa shape index (κ1) is 16.7. The Morgan fingerprint density at radius 1 is 1.35 bits per heavy atom. The Labute approximate surface area is 126 Å². The Kier molecular flexibility index (Phi) is 6.20. The summed E-state index contributed by atoms with van der Waals surface area (Å²) >= 11 is 1.82. The quantitative estimate of drug-likeness (QED) is 0.819. The predicted molar refractivity (Wildman–Crippen MR) is 89.7 cm³/mol. The summed E-state index contributed by atoms with van der Waals surface area (Å²) in [5.74, 6) is 1.04. The number of nitrogen functional groups attached to an aromatic ring is 1. The van der Waals surface area contributed by atoms with Crippen molar-refractivity contribution in [1.82, 2.24) is 4.90 Å². The lowest BCUT2D eigenvalue weighted by molar-refractivity contribution is 0.0827. The molecule has 0 aliphatic rings. The summed E-state index contributed by atoms with van der Waals surface area (Å²) in [4.78, 5) is 15.8. The third-order valence-corrected chi connectivity index (χ3v) is 4.16. The smallest absolute Gasteiger partial charge is 0.253 e. The van der Waals surface area contributed by atoms with Gasteiger partial charge in [-0.25, -0.2) is 0 Å². The van der Waals surface area contributed by atoms with Gasteiger partial charge in [0.15, 0.2) is 0 Å². The molecule has 112 valence electrons. The minimum Gasteiger partial charge on any atom is -0.397 e. The van der Waals surface area contributed by atoms with Gasteiger partial charge in [-0.15, -0.1) is 0 Å². The van der Waals surface area contributed by atoms with E-state index >= 15 is 0 Å². The van der Waals surface area contributed by atoms with Gasteiger partial charge in [-0.1, -0.05) is 6.92 Å². The zero-order valence-electron chi connectivity index (χ0n) is 13.0. The first-order valence-electron chi connectivity index (χ1n) is 6.75. The molecule has 5 heteroatoms. The van der Waals surface area contributed by atoms with Crippen LogP contribution < -0.4 is 10.6 Å². The number of rotatable bonds is 6. The van der Waals surface area contributed by atoms with E-state index in [-0.39, 0.29) is 5.91 Å². The number of hydrogen-bond acceptors (Lipinski definition) is 4. The van der Waals surface area contributed by atoms with Gasteiger partial charge in [-0.2, -0.15) is 11.8 Å². The van der Waals surface area contributed by atoms with Gasteiger partial charge in [0.25, 0.3) is 5.91 Å². The van der Waals surface area contributed by atoms with Crippen molar-refractivity contribution in [3.63, 3.8) is 0 Å². The van der Waals surface area contributed by atoms with Crippen LogP contribution in [0.15, 0.2) is 18.2 Å². The highest BCUT2D eigenvalue weighted by molar-refractivity contribution is 7.98. The van der Waals surface area contributed by atoms with E-state index in [4.69, 9.17) is 5.73 Å². The van der Waals surface area contributed by atoms with Crippen LogP contribution in [-0.2, 0) is 0 Å². The summed E-state index contributed by atoms with van der Waals surface area (Å²) in [6.45, 7) is 2.17. The van der Waals surface area contributed by atoms with Gasteiger partial charge >= 0.3 is 0 Å². The standard InChI is InChI=1S/C15H25N3OS/c1-6-12(10-20-5)18(4)14-9-11(7-8-13(14)16)15(19)17(2)3/h7-9,12H,6,10,16H2,1-5H3. The van der Waals surface area contributed by atoms with Crippen molar-refractivity contribution in [2.24, 2.45) is 0 Å². The number of anilines is 2. The van der Waals surface area contributed by atoms with E-state index in [2.05, 4.69) is 18.1 Å². The second-order valence-corrected chi connectivity index (χ2v) is 6.01. The number of carbonyl (C=O) groups excluding carboxylic acids is 1. The topological polar surface area (TPSA) is 49.6 Å². The number of nitrogens with zero attached hydrogens (tertiary/aromatic N) is 2. The Hall–Kier alpha value is -1.36. The summed E-state index contributed by atoms with van der Waals surface area (Å²) in [5.41, 5.74) is 8.39. The number of amides is 1. The Morgan fingerprint density at radius 2 is 2.00 bits per heavy atom. The Balaban J connectivity index is 3.10. The van der Waals surface area contributed by atoms with Gasteiger partial charge < -0.3 is 15.5 Å². The van der Waals surface area contributed by atoms with E-state index in [0.717, 1.165) is 17.9 Å². The molecule has 2 N–H and O–H groups in total. The van der Waals surface area contributed by atoms with Crippen molar-refractivity contribution >= 4 is 29.0 Å². The van der Waals surface area contributed by atoms with Crippen LogP contribution in [0.5, 0.6) is 0 Å². The number of thioether (sulfide) groups is 1. The number of carbonyl (C=O) groups is 1. The van der Waals surface area contributed by atoms with Gasteiger partial charge in [0, 0.05) is 38.5 Å². The van der Waals surface area contributed by atoms with Crippen LogP contribution in [0.2, 0.25) is 0 Å². The third kappa shape index (κ3) is 3.82. The van der Waals surface area contributed by atoms with E-state index in [1.807, 2.05) is 30.9 Å². The first-order chi connectivity index (χ1) is 9.42. The lowest BCUT2D eigenvalue weighted by Crippen LogP contribution is -2.34. The molecule has 0 aromatic heterocycles. The summed E-state index contributed by atoms with van der Waals surface area (Å²) in [7, 11) is 5.55. The Bertz CT molecular complexity index is 462. The maximum atomic E-state index is 12.1. The minimum absolute atomic E-state index is 0.00225. The molecule has 0 saturated heterocycles. The van der Waals surface area contributed by atoms with Crippen LogP contribution in [0.1, 0.15) is 23.7 Å². The second-order valence-electron chi connectivity index (χ2n) is 5.10. The molecular formula is C15H25N3OS. The van der Waals surface area contributed by atoms with Crippen molar-refractivity contribution in [3.05, 3.63) is 23.8 Å². The molecule has 0 aliphatic heterocycles. The largest absolute Gasteiger partial charge is 0.397 e. The third-order valence-electron chi connectivity index (χ3n) is 3.44. The van der Waals surface area contributed by atoms with Gasteiger partial charge in [0.2, 0.25) is 0 Å². The fourth-order valence-electron chi connectivity index (χ4n) is 2.13. The molecule has 4 nitrogen and oxygen atoms in total. The maximum absolute atomic E-state index is 12.1. The van der Waals surface area contributed by atoms with Gasteiger partial charge in [0.1, 0.15) is 0 Å². The summed E-state index contributed by atoms with van der Waals surface area (Å²) in [6.07, 6.45) is 3.15. The minimum atomic E-state index is -0.00225. The molecule has 1 atom stereocenters. The molecule has 20 heavy (non-hydrogen) atoms. The monoisotopic (exact) mass is 295 g/mol. The molecule has 1 rings (SSSR count). The molecule has 0 bridgehead atoms. The van der Waals surface area contributed by atoms with Gasteiger partial charge in [-0.3, -0.25) is 4.79 Å². The summed E-state index contributed by atoms with van der Waals surface area (Å²) in [5, 5.41) is 0. The molecule has 0 heterocycles. The average Bonchev–Trinajstić information content (AvgIpc) is 2.43. The Morgan fingerprint density at radius 3 is 2.50 bits per heavy atom. The summed E-state index contributed by atoms with van der Waals surface area (Å²) in [6, 6.07) is 5.90. The molecule has 1 amide bonds. The van der Waals surface area contributed by atoms with E-state index < -0.39 is 0 Å². The number of hydrogen-bond donors (Lipinski definition) is 1. The average molecular weight is 295 g/mol. The van der Waals surface area contributed by atoms with E-state index in [9.17, 15) is 4.79 Å². The van der Waals surface area contributed by atoms with E-state index in [0.29, 0.717) is 17.3 Å². The maximum Gasteiger partial charge on any atom is 0.253 e. The lowest BCUT2D eigenvalue weighted by Gasteiger charge is -2.30. The van der Waals surface area contributed by atoms with Crippen LogP contribution in [0.4, 0.5) is 11.4 Å². The summed E-state index contributed by atoms with van der Waals surface area (Å²) < 4.78 is 0. The normalized spacial score (nSPS) is 12.1. The van der Waals surface area contributed by atoms with Gasteiger partial charge in [0.05, 0.1) is 11.4 Å². The van der Waals surface area contributed by atoms with Crippen LogP contribution in [0, 0.1) is 0 Å². The highest BCUT2D eigenvalue weighted by atomic mass is 32.2. The van der Waals surface area contributed by atoms with E-state index in [1.54, 1.807) is 25.1 Å². The molecule has 1 unspecified atom stereocenters. The molecule has 1 aromatic rings. The zero-order chi connectivity index (χ0) is 15.3. The molecular weight excluding hydrogens is 270 g/mol. The molecule has 1 aromatic carbocycles. The highest BCUT2D eigenvalue weighted by Crippen LogP contribution is 2.27. The second kappa shape index (κ2) is 7.43. The molecule has 0 aliphatic carbocycles. The number of nitrogens with two attached hydrogens (primary N) is 1. The molecule has 0 spiro atoms. The van der Waals surface area contributed by atoms with Crippen LogP contribution in [-0.4, -0.2) is 50.0 Å². The van der Waals surface area contributed by atoms with Gasteiger partial charge in [-0.05, 0) is 30.9 Å². The van der Waals surface area contributed by atoms with Crippen molar-refractivity contribution in [3.8, 4) is 0 Å². The van der Waals surface area contributed by atoms with Crippen molar-refractivity contribution in [1.29, 1.82) is 0 Å². The lowest BCUT2D eigenvalue weighted by atomic mass is 10.1. The number of benzene rings is 1. The predicted octanol–water partition coefficient (Wildman–Crippen LogP) is 2.55. The molecule has 0 fully saturated rings. The first-order valence-corrected chi connectivity index (χ1v) is 8.14. The van der Waals surface area contributed by atoms with Crippen molar-refractivity contribution in [2.75, 3.05) is 43.8 Å². The van der Waals surface area contributed by atoms with E-state index in [1.165, 1.54) is 0 Å². The SMILES string of the molecule is CCC(CSC)N(C)c1cc(C(=O)N(C)C)ccc1N. The van der Waals surface area contributed by atoms with Crippen molar-refractivity contribution in [2.45, 2.75) is 19.4 Å². The highest BCUT2D eigenvalue weighted by Gasteiger charge is 2.17.